The van der Waals surface area contributed by atoms with Gasteiger partial charge in [-0.25, -0.2) is 0 Å². The maximum atomic E-state index is 11.9. The van der Waals surface area contributed by atoms with Gasteiger partial charge in [-0.1, -0.05) is 22.0 Å². The predicted octanol–water partition coefficient (Wildman–Crippen LogP) is 1.98. The third-order valence-electron chi connectivity index (χ3n) is 3.29. The summed E-state index contributed by atoms with van der Waals surface area (Å²) in [6.07, 6.45) is 1.90. The monoisotopic (exact) mass is 325 g/mol. The normalized spacial score (nSPS) is 16.1. The van der Waals surface area contributed by atoms with Crippen LogP contribution >= 0.6 is 15.9 Å². The van der Waals surface area contributed by atoms with Crippen molar-refractivity contribution in [1.82, 2.24) is 10.6 Å². The number of carbonyl (C=O) groups excluding carboxylic acids is 1. The Hall–Kier alpha value is -1.07. The van der Waals surface area contributed by atoms with Crippen molar-refractivity contribution < 1.29 is 4.79 Å². The predicted molar refractivity (Wildman–Crippen MR) is 81.2 cm³/mol. The first-order chi connectivity index (χ1) is 9.25. The van der Waals surface area contributed by atoms with Crippen LogP contribution in [-0.2, 0) is 4.79 Å². The summed E-state index contributed by atoms with van der Waals surface area (Å²) in [6, 6.07) is 8.01. The molecule has 0 spiro atoms. The third kappa shape index (κ3) is 4.84. The number of nitrogens with one attached hydrogen (secondary N) is 3. The van der Waals surface area contributed by atoms with Gasteiger partial charge in [-0.2, -0.15) is 0 Å². The van der Waals surface area contributed by atoms with E-state index in [0.717, 1.165) is 42.6 Å². The number of hydrogen-bond donors (Lipinski definition) is 3. The van der Waals surface area contributed by atoms with Crippen LogP contribution in [0.5, 0.6) is 0 Å². The molecule has 4 nitrogen and oxygen atoms in total. The molecule has 1 aromatic rings. The molecule has 0 bridgehead atoms. The number of rotatable bonds is 5. The van der Waals surface area contributed by atoms with Crippen LogP contribution in [0.25, 0.3) is 0 Å². The molecule has 5 heteroatoms. The van der Waals surface area contributed by atoms with Gasteiger partial charge in [0, 0.05) is 29.2 Å². The molecule has 0 unspecified atom stereocenters. The highest BCUT2D eigenvalue weighted by atomic mass is 79.9. The van der Waals surface area contributed by atoms with Crippen LogP contribution in [0.1, 0.15) is 12.8 Å². The molecule has 1 aliphatic rings. The van der Waals surface area contributed by atoms with E-state index in [9.17, 15) is 4.79 Å². The number of benzene rings is 1. The molecule has 1 saturated heterocycles. The standard InChI is InChI=1S/C14H20BrN3O/c15-12-2-1-3-13(10-12)17-8-9-18-14(19)11-4-6-16-7-5-11/h1-3,10-11,16-17H,4-9H2,(H,18,19). The Bertz CT molecular complexity index is 419. The van der Waals surface area contributed by atoms with Crippen molar-refractivity contribution in [2.75, 3.05) is 31.5 Å². The number of anilines is 1. The molecule has 1 fully saturated rings. The fourth-order valence-electron chi connectivity index (χ4n) is 2.22. The van der Waals surface area contributed by atoms with Crippen LogP contribution in [0.15, 0.2) is 28.7 Å². The minimum absolute atomic E-state index is 0.187. The topological polar surface area (TPSA) is 53.2 Å². The van der Waals surface area contributed by atoms with E-state index in [4.69, 9.17) is 0 Å². The first kappa shape index (κ1) is 14.3. The molecule has 2 rings (SSSR count). The number of piperidine rings is 1. The van der Waals surface area contributed by atoms with Gasteiger partial charge in [-0.15, -0.1) is 0 Å². The van der Waals surface area contributed by atoms with Gasteiger partial charge >= 0.3 is 0 Å². The minimum atomic E-state index is 0.187. The Morgan fingerprint density at radius 2 is 2.11 bits per heavy atom. The van der Waals surface area contributed by atoms with E-state index >= 15 is 0 Å². The zero-order chi connectivity index (χ0) is 13.5. The van der Waals surface area contributed by atoms with E-state index < -0.39 is 0 Å². The van der Waals surface area contributed by atoms with Crippen molar-refractivity contribution >= 4 is 27.5 Å². The SMILES string of the molecule is O=C(NCCNc1cccc(Br)c1)C1CCNCC1. The summed E-state index contributed by atoms with van der Waals surface area (Å²) < 4.78 is 1.05. The van der Waals surface area contributed by atoms with Crippen molar-refractivity contribution in [3.8, 4) is 0 Å². The molecule has 0 aromatic heterocycles. The highest BCUT2D eigenvalue weighted by Crippen LogP contribution is 2.15. The van der Waals surface area contributed by atoms with Gasteiger partial charge in [-0.05, 0) is 44.1 Å². The quantitative estimate of drug-likeness (QED) is 0.725. The highest BCUT2D eigenvalue weighted by Gasteiger charge is 2.19. The molecule has 0 radical (unpaired) electrons. The summed E-state index contributed by atoms with van der Waals surface area (Å²) in [5.74, 6) is 0.379. The Morgan fingerprint density at radius 3 is 2.84 bits per heavy atom. The number of halogens is 1. The molecular weight excluding hydrogens is 306 g/mol. The summed E-state index contributed by atoms with van der Waals surface area (Å²) in [5.41, 5.74) is 1.06. The lowest BCUT2D eigenvalue weighted by Crippen LogP contribution is -2.39. The van der Waals surface area contributed by atoms with E-state index in [1.807, 2.05) is 24.3 Å². The largest absolute Gasteiger partial charge is 0.383 e. The molecule has 0 saturated carbocycles. The maximum absolute atomic E-state index is 11.9. The molecule has 0 atom stereocenters. The van der Waals surface area contributed by atoms with Crippen molar-refractivity contribution in [3.63, 3.8) is 0 Å². The van der Waals surface area contributed by atoms with Gasteiger partial charge in [0.05, 0.1) is 0 Å². The van der Waals surface area contributed by atoms with Crippen LogP contribution < -0.4 is 16.0 Å². The van der Waals surface area contributed by atoms with E-state index in [1.165, 1.54) is 0 Å². The van der Waals surface area contributed by atoms with Crippen molar-refractivity contribution in [1.29, 1.82) is 0 Å². The van der Waals surface area contributed by atoms with Gasteiger partial charge in [0.15, 0.2) is 0 Å². The zero-order valence-corrected chi connectivity index (χ0v) is 12.5. The van der Waals surface area contributed by atoms with E-state index in [2.05, 4.69) is 31.9 Å². The van der Waals surface area contributed by atoms with E-state index in [1.54, 1.807) is 0 Å². The van der Waals surface area contributed by atoms with Gasteiger partial charge in [0.2, 0.25) is 5.91 Å². The zero-order valence-electron chi connectivity index (χ0n) is 10.9. The average Bonchev–Trinajstić information content (AvgIpc) is 2.44. The Balaban J connectivity index is 1.65. The third-order valence-corrected chi connectivity index (χ3v) is 3.78. The average molecular weight is 326 g/mol. The number of amides is 1. The molecule has 1 heterocycles. The second-order valence-electron chi connectivity index (χ2n) is 4.75. The Morgan fingerprint density at radius 1 is 1.32 bits per heavy atom. The van der Waals surface area contributed by atoms with Gasteiger partial charge in [-0.3, -0.25) is 4.79 Å². The van der Waals surface area contributed by atoms with Crippen molar-refractivity contribution in [3.05, 3.63) is 28.7 Å². The fourth-order valence-corrected chi connectivity index (χ4v) is 2.62. The minimum Gasteiger partial charge on any atom is -0.383 e. The summed E-state index contributed by atoms with van der Waals surface area (Å²) in [7, 11) is 0. The molecule has 19 heavy (non-hydrogen) atoms. The van der Waals surface area contributed by atoms with Crippen molar-refractivity contribution in [2.45, 2.75) is 12.8 Å². The lowest BCUT2D eigenvalue weighted by molar-refractivity contribution is -0.125. The van der Waals surface area contributed by atoms with E-state index in [-0.39, 0.29) is 11.8 Å². The molecule has 1 aliphatic heterocycles. The van der Waals surface area contributed by atoms with Gasteiger partial charge < -0.3 is 16.0 Å². The highest BCUT2D eigenvalue weighted by molar-refractivity contribution is 9.10. The van der Waals surface area contributed by atoms with Gasteiger partial charge in [0.1, 0.15) is 0 Å². The molecule has 104 valence electrons. The Kier molecular flexibility index (Phi) is 5.66. The lowest BCUT2D eigenvalue weighted by atomic mass is 9.97. The van der Waals surface area contributed by atoms with Crippen molar-refractivity contribution in [2.24, 2.45) is 5.92 Å². The summed E-state index contributed by atoms with van der Waals surface area (Å²) >= 11 is 3.43. The second-order valence-corrected chi connectivity index (χ2v) is 5.67. The smallest absolute Gasteiger partial charge is 0.223 e. The van der Waals surface area contributed by atoms with Crippen LogP contribution in [0, 0.1) is 5.92 Å². The summed E-state index contributed by atoms with van der Waals surface area (Å²) in [6.45, 7) is 3.31. The molecule has 1 amide bonds. The van der Waals surface area contributed by atoms with Crippen LogP contribution in [0.3, 0.4) is 0 Å². The number of hydrogen-bond acceptors (Lipinski definition) is 3. The first-order valence-electron chi connectivity index (χ1n) is 6.73. The first-order valence-corrected chi connectivity index (χ1v) is 7.53. The molecule has 3 N–H and O–H groups in total. The Labute approximate surface area is 122 Å². The molecule has 0 aliphatic carbocycles. The van der Waals surface area contributed by atoms with Gasteiger partial charge in [0.25, 0.3) is 0 Å². The van der Waals surface area contributed by atoms with Crippen LogP contribution in [-0.4, -0.2) is 32.1 Å². The second kappa shape index (κ2) is 7.50. The van der Waals surface area contributed by atoms with E-state index in [0.29, 0.717) is 6.54 Å². The van der Waals surface area contributed by atoms with Crippen LogP contribution in [0.4, 0.5) is 5.69 Å². The fraction of sp³-hybridized carbons (Fsp3) is 0.500. The lowest BCUT2D eigenvalue weighted by Gasteiger charge is -2.21. The molecular formula is C14H20BrN3O. The maximum Gasteiger partial charge on any atom is 0.223 e. The number of carbonyl (C=O) groups is 1. The summed E-state index contributed by atoms with van der Waals surface area (Å²) in [4.78, 5) is 11.9. The van der Waals surface area contributed by atoms with Crippen LogP contribution in [0.2, 0.25) is 0 Å². The summed E-state index contributed by atoms with van der Waals surface area (Å²) in [5, 5.41) is 9.55. The molecule has 1 aromatic carbocycles.